The van der Waals surface area contributed by atoms with E-state index in [0.717, 1.165) is 37.7 Å². The molecule has 1 aliphatic carbocycles. The lowest BCUT2D eigenvalue weighted by Gasteiger charge is -2.32. The maximum Gasteiger partial charge on any atom is 0.251 e. The zero-order chi connectivity index (χ0) is 23.4. The second-order valence-corrected chi connectivity index (χ2v) is 10.9. The predicted molar refractivity (Wildman–Crippen MR) is 126 cm³/mol. The molecule has 0 radical (unpaired) electrons. The van der Waals surface area contributed by atoms with Gasteiger partial charge in [-0.1, -0.05) is 42.8 Å². The summed E-state index contributed by atoms with van der Waals surface area (Å²) in [5.41, 5.74) is 1.15. The first-order valence-corrected chi connectivity index (χ1v) is 13.1. The highest BCUT2D eigenvalue weighted by atomic mass is 32.2. The first-order valence-electron chi connectivity index (χ1n) is 11.6. The summed E-state index contributed by atoms with van der Waals surface area (Å²) in [4.78, 5) is 26.0. The quantitative estimate of drug-likeness (QED) is 0.621. The fourth-order valence-electron chi connectivity index (χ4n) is 4.19. The second-order valence-electron chi connectivity index (χ2n) is 8.99. The van der Waals surface area contributed by atoms with E-state index in [1.807, 2.05) is 37.3 Å². The summed E-state index contributed by atoms with van der Waals surface area (Å²) in [6.45, 7) is 2.40. The Morgan fingerprint density at radius 2 is 1.79 bits per heavy atom. The first kappa shape index (κ1) is 23.4. The third-order valence-electron chi connectivity index (χ3n) is 6.27. The van der Waals surface area contributed by atoms with Gasteiger partial charge >= 0.3 is 0 Å². The number of hydrogen-bond acceptors (Lipinski definition) is 4. The van der Waals surface area contributed by atoms with Crippen LogP contribution in [0.1, 0.15) is 54.9 Å². The Hall–Kier alpha value is -2.71. The predicted octanol–water partition coefficient (Wildman–Crippen LogP) is 2.87. The van der Waals surface area contributed by atoms with Crippen molar-refractivity contribution in [1.29, 1.82) is 0 Å². The SMILES string of the molecule is CC1CCCCN1S(=O)(=O)c1cccc(C(=O)NC(Cc2ccccc2)C(=O)NC2CC2)c1. The summed E-state index contributed by atoms with van der Waals surface area (Å²) < 4.78 is 27.9. The maximum absolute atomic E-state index is 13.2. The van der Waals surface area contributed by atoms with Crippen LogP contribution in [0.25, 0.3) is 0 Å². The van der Waals surface area contributed by atoms with Crippen molar-refractivity contribution in [2.24, 2.45) is 0 Å². The van der Waals surface area contributed by atoms with Crippen LogP contribution in [0.15, 0.2) is 59.5 Å². The number of sulfonamides is 1. The molecule has 4 rings (SSSR count). The van der Waals surface area contributed by atoms with Gasteiger partial charge in [-0.3, -0.25) is 9.59 Å². The molecule has 8 heteroatoms. The minimum absolute atomic E-state index is 0.0670. The van der Waals surface area contributed by atoms with Crippen molar-refractivity contribution < 1.29 is 18.0 Å². The minimum Gasteiger partial charge on any atom is -0.352 e. The molecule has 2 fully saturated rings. The van der Waals surface area contributed by atoms with Gasteiger partial charge in [0, 0.05) is 30.6 Å². The fraction of sp³-hybridized carbons (Fsp3) is 0.440. The van der Waals surface area contributed by atoms with Crippen molar-refractivity contribution in [3.8, 4) is 0 Å². The van der Waals surface area contributed by atoms with E-state index in [0.29, 0.717) is 13.0 Å². The topological polar surface area (TPSA) is 95.6 Å². The molecular formula is C25H31N3O4S. The highest BCUT2D eigenvalue weighted by molar-refractivity contribution is 7.89. The van der Waals surface area contributed by atoms with Crippen molar-refractivity contribution in [3.63, 3.8) is 0 Å². The number of carbonyl (C=O) groups is 2. The van der Waals surface area contributed by atoms with E-state index in [1.165, 1.54) is 16.4 Å². The van der Waals surface area contributed by atoms with E-state index >= 15 is 0 Å². The van der Waals surface area contributed by atoms with Crippen molar-refractivity contribution in [3.05, 3.63) is 65.7 Å². The van der Waals surface area contributed by atoms with E-state index in [2.05, 4.69) is 10.6 Å². The molecule has 2 aromatic rings. The molecule has 2 N–H and O–H groups in total. The summed E-state index contributed by atoms with van der Waals surface area (Å²) in [5.74, 6) is -0.689. The number of amides is 2. The van der Waals surface area contributed by atoms with Gasteiger partial charge in [-0.25, -0.2) is 8.42 Å². The Morgan fingerprint density at radius 1 is 1.03 bits per heavy atom. The molecule has 7 nitrogen and oxygen atoms in total. The van der Waals surface area contributed by atoms with Gasteiger partial charge in [0.1, 0.15) is 6.04 Å². The lowest BCUT2D eigenvalue weighted by atomic mass is 10.0. The summed E-state index contributed by atoms with van der Waals surface area (Å²) in [6, 6.07) is 15.0. The average molecular weight is 470 g/mol. The Labute approximate surface area is 195 Å². The standard InChI is InChI=1S/C25H31N3O4S/c1-18-8-5-6-15-28(18)33(31,32)22-12-7-11-20(17-22)24(29)27-23(25(30)26-21-13-14-21)16-19-9-3-2-4-10-19/h2-4,7,9-12,17-18,21,23H,5-6,8,13-16H2,1H3,(H,26,30)(H,27,29). The molecule has 2 aromatic carbocycles. The number of rotatable bonds is 8. The molecule has 2 atom stereocenters. The lowest BCUT2D eigenvalue weighted by molar-refractivity contribution is -0.123. The van der Waals surface area contributed by atoms with Gasteiger partial charge in [-0.2, -0.15) is 4.31 Å². The van der Waals surface area contributed by atoms with Gasteiger partial charge in [0.25, 0.3) is 5.91 Å². The van der Waals surface area contributed by atoms with Gasteiger partial charge in [0.15, 0.2) is 0 Å². The first-order chi connectivity index (χ1) is 15.8. The number of nitrogens with zero attached hydrogens (tertiary/aromatic N) is 1. The van der Waals surface area contributed by atoms with Crippen LogP contribution in [-0.4, -0.2) is 49.2 Å². The molecule has 0 bridgehead atoms. The Balaban J connectivity index is 1.52. The van der Waals surface area contributed by atoms with Crippen molar-refractivity contribution in [2.75, 3.05) is 6.54 Å². The third kappa shape index (κ3) is 5.81. The monoisotopic (exact) mass is 469 g/mol. The summed E-state index contributed by atoms with van der Waals surface area (Å²) in [5, 5.41) is 5.78. The van der Waals surface area contributed by atoms with Crippen molar-refractivity contribution in [1.82, 2.24) is 14.9 Å². The zero-order valence-electron chi connectivity index (χ0n) is 18.9. The molecule has 1 heterocycles. The van der Waals surface area contributed by atoms with Gasteiger partial charge < -0.3 is 10.6 Å². The Bertz CT molecular complexity index is 1100. The maximum atomic E-state index is 13.2. The molecule has 1 saturated carbocycles. The van der Waals surface area contributed by atoms with Gasteiger partial charge in [0.2, 0.25) is 15.9 Å². The molecule has 1 saturated heterocycles. The summed E-state index contributed by atoms with van der Waals surface area (Å²) >= 11 is 0. The average Bonchev–Trinajstić information content (AvgIpc) is 3.63. The van der Waals surface area contributed by atoms with E-state index in [-0.39, 0.29) is 28.4 Å². The molecule has 176 valence electrons. The number of nitrogens with one attached hydrogen (secondary N) is 2. The van der Waals surface area contributed by atoms with E-state index in [1.54, 1.807) is 12.1 Å². The van der Waals surface area contributed by atoms with Crippen LogP contribution in [0.2, 0.25) is 0 Å². The largest absolute Gasteiger partial charge is 0.352 e. The Kier molecular flexibility index (Phi) is 7.14. The van der Waals surface area contributed by atoms with Gasteiger partial charge in [0.05, 0.1) is 4.90 Å². The minimum atomic E-state index is -3.69. The number of carbonyl (C=O) groups excluding carboxylic acids is 2. The third-order valence-corrected chi connectivity index (χ3v) is 8.28. The van der Waals surface area contributed by atoms with Crippen LogP contribution in [-0.2, 0) is 21.2 Å². The molecule has 2 aliphatic rings. The molecule has 2 unspecified atom stereocenters. The Morgan fingerprint density at radius 3 is 2.48 bits per heavy atom. The van der Waals surface area contributed by atoms with Crippen LogP contribution in [0.5, 0.6) is 0 Å². The summed E-state index contributed by atoms with van der Waals surface area (Å²) in [7, 11) is -3.69. The number of piperidine rings is 1. The number of hydrogen-bond donors (Lipinski definition) is 2. The van der Waals surface area contributed by atoms with Crippen molar-refractivity contribution >= 4 is 21.8 Å². The van der Waals surface area contributed by atoms with E-state index in [9.17, 15) is 18.0 Å². The molecular weight excluding hydrogens is 438 g/mol. The van der Waals surface area contributed by atoms with Crippen molar-refractivity contribution in [2.45, 2.75) is 68.5 Å². The van der Waals surface area contributed by atoms with Crippen LogP contribution < -0.4 is 10.6 Å². The molecule has 2 amide bonds. The molecule has 0 spiro atoms. The fourth-order valence-corrected chi connectivity index (χ4v) is 5.94. The summed E-state index contributed by atoms with van der Waals surface area (Å²) in [6.07, 6.45) is 4.94. The van der Waals surface area contributed by atoms with Crippen LogP contribution in [0.4, 0.5) is 0 Å². The second kappa shape index (κ2) is 10.1. The van der Waals surface area contributed by atoms with Gasteiger partial charge in [-0.05, 0) is 56.4 Å². The smallest absolute Gasteiger partial charge is 0.251 e. The van der Waals surface area contributed by atoms with Gasteiger partial charge in [-0.15, -0.1) is 0 Å². The van der Waals surface area contributed by atoms with E-state index < -0.39 is 22.0 Å². The van der Waals surface area contributed by atoms with E-state index in [4.69, 9.17) is 0 Å². The lowest BCUT2D eigenvalue weighted by Crippen LogP contribution is -2.48. The van der Waals surface area contributed by atoms with Crippen LogP contribution >= 0.6 is 0 Å². The molecule has 1 aliphatic heterocycles. The zero-order valence-corrected chi connectivity index (χ0v) is 19.7. The van der Waals surface area contributed by atoms with Crippen LogP contribution in [0.3, 0.4) is 0 Å². The molecule has 33 heavy (non-hydrogen) atoms. The van der Waals surface area contributed by atoms with Crippen LogP contribution in [0, 0.1) is 0 Å². The number of benzene rings is 2. The normalized spacial score (nSPS) is 20.1. The highest BCUT2D eigenvalue weighted by Gasteiger charge is 2.32. The molecule has 0 aromatic heterocycles. The highest BCUT2D eigenvalue weighted by Crippen LogP contribution is 2.25.